The molecule has 0 unspecified atom stereocenters. The Morgan fingerprint density at radius 2 is 1.83 bits per heavy atom. The highest BCUT2D eigenvalue weighted by molar-refractivity contribution is 5.72. The Balaban J connectivity index is 1.73. The van der Waals surface area contributed by atoms with E-state index in [2.05, 4.69) is 0 Å². The van der Waals surface area contributed by atoms with Crippen LogP contribution in [-0.2, 0) is 4.79 Å². The predicted molar refractivity (Wildman–Crippen MR) is 67.8 cm³/mol. The summed E-state index contributed by atoms with van der Waals surface area (Å²) in [5.41, 5.74) is 0. The van der Waals surface area contributed by atoms with Crippen molar-refractivity contribution in [3.63, 3.8) is 0 Å². The van der Waals surface area contributed by atoms with Gasteiger partial charge in [-0.05, 0) is 36.6 Å². The van der Waals surface area contributed by atoms with Gasteiger partial charge in [-0.25, -0.2) is 4.39 Å². The van der Waals surface area contributed by atoms with Gasteiger partial charge in [-0.3, -0.25) is 4.79 Å². The van der Waals surface area contributed by atoms with Crippen LogP contribution in [0.25, 0.3) is 0 Å². The normalized spacial score (nSPS) is 16.5. The van der Waals surface area contributed by atoms with E-state index >= 15 is 0 Å². The van der Waals surface area contributed by atoms with E-state index in [1.165, 1.54) is 56.4 Å². The number of benzene rings is 1. The molecule has 1 aliphatic rings. The van der Waals surface area contributed by atoms with E-state index < -0.39 is 0 Å². The molecule has 0 atom stereocenters. The van der Waals surface area contributed by atoms with E-state index in [1.807, 2.05) is 0 Å². The number of halogens is 1. The fourth-order valence-corrected chi connectivity index (χ4v) is 2.48. The Hall–Kier alpha value is -1.38. The summed E-state index contributed by atoms with van der Waals surface area (Å²) in [6, 6.07) is 5.55. The molecular weight excluding hydrogens is 231 g/mol. The molecule has 0 radical (unpaired) electrons. The van der Waals surface area contributed by atoms with Crippen LogP contribution in [0.5, 0.6) is 5.75 Å². The van der Waals surface area contributed by atoms with Crippen molar-refractivity contribution < 1.29 is 13.9 Å². The van der Waals surface area contributed by atoms with Crippen molar-refractivity contribution in [1.29, 1.82) is 0 Å². The topological polar surface area (TPSA) is 26.3 Å². The second-order valence-electron chi connectivity index (χ2n) is 4.97. The third-order valence-electron chi connectivity index (χ3n) is 3.53. The number of rotatable bonds is 4. The highest BCUT2D eigenvalue weighted by Crippen LogP contribution is 2.27. The van der Waals surface area contributed by atoms with Gasteiger partial charge < -0.3 is 4.74 Å². The SMILES string of the molecule is O=C(CCC1CCCCC1)Oc1ccc(F)cc1. The molecule has 0 heterocycles. The van der Waals surface area contributed by atoms with E-state index in [1.54, 1.807) is 0 Å². The van der Waals surface area contributed by atoms with Gasteiger partial charge in [0.1, 0.15) is 11.6 Å². The molecule has 1 fully saturated rings. The first kappa shape index (κ1) is 13.1. The number of hydrogen-bond acceptors (Lipinski definition) is 2. The van der Waals surface area contributed by atoms with E-state index in [-0.39, 0.29) is 11.8 Å². The summed E-state index contributed by atoms with van der Waals surface area (Å²) in [6.07, 6.45) is 7.77. The summed E-state index contributed by atoms with van der Waals surface area (Å²) < 4.78 is 17.8. The molecule has 98 valence electrons. The van der Waals surface area contributed by atoms with Crippen molar-refractivity contribution >= 4 is 5.97 Å². The van der Waals surface area contributed by atoms with Crippen molar-refractivity contribution in [2.24, 2.45) is 5.92 Å². The van der Waals surface area contributed by atoms with Crippen molar-refractivity contribution in [3.8, 4) is 5.75 Å². The first-order valence-corrected chi connectivity index (χ1v) is 6.70. The summed E-state index contributed by atoms with van der Waals surface area (Å²) in [5.74, 6) is 0.564. The van der Waals surface area contributed by atoms with Crippen LogP contribution in [0, 0.1) is 11.7 Å². The van der Waals surface area contributed by atoms with Crippen LogP contribution in [0.3, 0.4) is 0 Å². The van der Waals surface area contributed by atoms with Crippen molar-refractivity contribution in [2.45, 2.75) is 44.9 Å². The molecule has 0 saturated heterocycles. The minimum Gasteiger partial charge on any atom is -0.427 e. The van der Waals surface area contributed by atoms with Crippen molar-refractivity contribution in [3.05, 3.63) is 30.1 Å². The van der Waals surface area contributed by atoms with Gasteiger partial charge in [-0.1, -0.05) is 32.1 Å². The van der Waals surface area contributed by atoms with Crippen molar-refractivity contribution in [1.82, 2.24) is 0 Å². The quantitative estimate of drug-likeness (QED) is 0.594. The molecular formula is C15H19FO2. The zero-order chi connectivity index (χ0) is 12.8. The number of ether oxygens (including phenoxy) is 1. The van der Waals surface area contributed by atoms with E-state index in [0.29, 0.717) is 18.1 Å². The standard InChI is InChI=1S/C15H19FO2/c16-13-7-9-14(10-8-13)18-15(17)11-6-12-4-2-1-3-5-12/h7-10,12H,1-6,11H2. The second kappa shape index (κ2) is 6.53. The molecule has 1 aromatic rings. The Labute approximate surface area is 107 Å². The molecule has 0 amide bonds. The zero-order valence-corrected chi connectivity index (χ0v) is 10.5. The Morgan fingerprint density at radius 1 is 1.17 bits per heavy atom. The average Bonchev–Trinajstić information content (AvgIpc) is 2.40. The van der Waals surface area contributed by atoms with Gasteiger partial charge >= 0.3 is 5.97 Å². The monoisotopic (exact) mass is 250 g/mol. The molecule has 0 bridgehead atoms. The van der Waals surface area contributed by atoms with Crippen LogP contribution in [0.15, 0.2) is 24.3 Å². The van der Waals surface area contributed by atoms with Crippen LogP contribution in [0.4, 0.5) is 4.39 Å². The number of hydrogen-bond donors (Lipinski definition) is 0. The van der Waals surface area contributed by atoms with Gasteiger partial charge in [-0.2, -0.15) is 0 Å². The molecule has 1 aromatic carbocycles. The van der Waals surface area contributed by atoms with Gasteiger partial charge in [0, 0.05) is 6.42 Å². The highest BCUT2D eigenvalue weighted by atomic mass is 19.1. The van der Waals surface area contributed by atoms with E-state index in [4.69, 9.17) is 4.74 Å². The van der Waals surface area contributed by atoms with Crippen LogP contribution in [0.1, 0.15) is 44.9 Å². The lowest BCUT2D eigenvalue weighted by molar-refractivity contribution is -0.134. The number of carbonyl (C=O) groups is 1. The summed E-state index contributed by atoms with van der Waals surface area (Å²) in [4.78, 5) is 11.6. The second-order valence-corrected chi connectivity index (χ2v) is 4.97. The maximum absolute atomic E-state index is 12.7. The van der Waals surface area contributed by atoms with Crippen LogP contribution < -0.4 is 4.74 Å². The lowest BCUT2D eigenvalue weighted by Gasteiger charge is -2.20. The smallest absolute Gasteiger partial charge is 0.311 e. The Kier molecular flexibility index (Phi) is 4.73. The molecule has 1 aliphatic carbocycles. The Bertz CT molecular complexity index is 380. The minimum atomic E-state index is -0.322. The zero-order valence-electron chi connectivity index (χ0n) is 10.5. The maximum atomic E-state index is 12.7. The highest BCUT2D eigenvalue weighted by Gasteiger charge is 2.15. The van der Waals surface area contributed by atoms with Crippen molar-refractivity contribution in [2.75, 3.05) is 0 Å². The maximum Gasteiger partial charge on any atom is 0.311 e. The molecule has 2 rings (SSSR count). The first-order chi connectivity index (χ1) is 8.74. The molecule has 0 aliphatic heterocycles. The van der Waals surface area contributed by atoms with Crippen LogP contribution >= 0.6 is 0 Å². The lowest BCUT2D eigenvalue weighted by atomic mass is 9.86. The molecule has 2 nitrogen and oxygen atoms in total. The van der Waals surface area contributed by atoms with Gasteiger partial charge in [0.25, 0.3) is 0 Å². The van der Waals surface area contributed by atoms with Gasteiger partial charge in [0.05, 0.1) is 0 Å². The molecule has 3 heteroatoms. The van der Waals surface area contributed by atoms with Gasteiger partial charge in [-0.15, -0.1) is 0 Å². The summed E-state index contributed by atoms with van der Waals surface area (Å²) >= 11 is 0. The van der Waals surface area contributed by atoms with Gasteiger partial charge in [0.2, 0.25) is 0 Å². The average molecular weight is 250 g/mol. The summed E-state index contributed by atoms with van der Waals surface area (Å²) in [6.45, 7) is 0. The third kappa shape index (κ3) is 4.13. The largest absolute Gasteiger partial charge is 0.427 e. The molecule has 0 aromatic heterocycles. The summed E-state index contributed by atoms with van der Waals surface area (Å²) in [5, 5.41) is 0. The van der Waals surface area contributed by atoms with Crippen LogP contribution in [-0.4, -0.2) is 5.97 Å². The van der Waals surface area contributed by atoms with Gasteiger partial charge in [0.15, 0.2) is 0 Å². The first-order valence-electron chi connectivity index (χ1n) is 6.70. The van der Waals surface area contributed by atoms with Crippen LogP contribution in [0.2, 0.25) is 0 Å². The third-order valence-corrected chi connectivity index (χ3v) is 3.53. The van der Waals surface area contributed by atoms with E-state index in [9.17, 15) is 9.18 Å². The Morgan fingerprint density at radius 3 is 2.50 bits per heavy atom. The predicted octanol–water partition coefficient (Wildman–Crippen LogP) is 4.09. The number of esters is 1. The fraction of sp³-hybridized carbons (Fsp3) is 0.533. The molecule has 0 N–H and O–H groups in total. The fourth-order valence-electron chi connectivity index (χ4n) is 2.48. The van der Waals surface area contributed by atoms with E-state index in [0.717, 1.165) is 6.42 Å². The molecule has 0 spiro atoms. The number of carbonyl (C=O) groups excluding carboxylic acids is 1. The summed E-state index contributed by atoms with van der Waals surface area (Å²) in [7, 11) is 0. The lowest BCUT2D eigenvalue weighted by Crippen LogP contribution is -2.12. The molecule has 1 saturated carbocycles. The molecule has 18 heavy (non-hydrogen) atoms. The minimum absolute atomic E-state index is 0.216.